The summed E-state index contributed by atoms with van der Waals surface area (Å²) in [6, 6.07) is 13.5. The van der Waals surface area contributed by atoms with E-state index in [0.717, 1.165) is 19.6 Å². The van der Waals surface area contributed by atoms with Crippen molar-refractivity contribution < 1.29 is 4.57 Å². The van der Waals surface area contributed by atoms with Crippen LogP contribution in [0.3, 0.4) is 0 Å². The summed E-state index contributed by atoms with van der Waals surface area (Å²) in [6.07, 6.45) is 20.5. The van der Waals surface area contributed by atoms with Gasteiger partial charge in [0.05, 0.1) is 0 Å². The molecule has 0 aliphatic rings. The molecule has 2 nitrogen and oxygen atoms in total. The Morgan fingerprint density at radius 2 is 1.17 bits per heavy atom. The van der Waals surface area contributed by atoms with E-state index in [1.54, 1.807) is 0 Å². The monoisotopic (exact) mass is 407 g/mol. The van der Waals surface area contributed by atoms with E-state index in [-0.39, 0.29) is 0 Å². The Morgan fingerprint density at radius 3 is 1.73 bits per heavy atom. The van der Waals surface area contributed by atoms with Crippen LogP contribution in [0.1, 0.15) is 89.7 Å². The molecule has 1 heterocycles. The highest BCUT2D eigenvalue weighted by Crippen LogP contribution is 2.18. The van der Waals surface area contributed by atoms with Crippen molar-refractivity contribution in [2.45, 2.75) is 85.1 Å². The van der Waals surface area contributed by atoms with E-state index in [2.05, 4.69) is 91.2 Å². The number of hydrogen-bond acceptors (Lipinski definition) is 1. The Labute approximate surface area is 185 Å². The molecular weight excluding hydrogens is 364 g/mol. The minimum Gasteiger partial charge on any atom is -0.372 e. The Morgan fingerprint density at radius 1 is 0.633 bits per heavy atom. The Balaban J connectivity index is 1.87. The number of benzene rings is 1. The number of aryl methyl sites for hydroxylation is 1. The molecule has 30 heavy (non-hydrogen) atoms. The first kappa shape index (κ1) is 24.2. The SMILES string of the molecule is CCCCCCC[n+]1ccc(/C=C/c2ccc(N(CCCC)CCCC)cc2)cc1. The predicted octanol–water partition coefficient (Wildman–Crippen LogP) is 7.52. The molecule has 0 amide bonds. The van der Waals surface area contributed by atoms with Crippen LogP contribution >= 0.6 is 0 Å². The van der Waals surface area contributed by atoms with E-state index in [1.807, 2.05) is 0 Å². The molecule has 0 spiro atoms. The Bertz CT molecular complexity index is 692. The van der Waals surface area contributed by atoms with Crippen molar-refractivity contribution in [1.29, 1.82) is 0 Å². The molecule has 2 heteroatoms. The van der Waals surface area contributed by atoms with Crippen molar-refractivity contribution in [3.8, 4) is 0 Å². The highest BCUT2D eigenvalue weighted by atomic mass is 15.1. The van der Waals surface area contributed by atoms with Crippen LogP contribution in [0.15, 0.2) is 48.8 Å². The average Bonchev–Trinajstić information content (AvgIpc) is 2.79. The number of unbranched alkanes of at least 4 members (excludes halogenated alkanes) is 6. The van der Waals surface area contributed by atoms with Gasteiger partial charge in [-0.25, -0.2) is 4.57 Å². The van der Waals surface area contributed by atoms with Gasteiger partial charge in [-0.3, -0.25) is 0 Å². The number of rotatable bonds is 15. The fourth-order valence-electron chi connectivity index (χ4n) is 3.68. The quantitative estimate of drug-likeness (QED) is 0.219. The van der Waals surface area contributed by atoms with Gasteiger partial charge < -0.3 is 4.90 Å². The van der Waals surface area contributed by atoms with Gasteiger partial charge >= 0.3 is 0 Å². The molecular formula is C28H43N2+. The van der Waals surface area contributed by atoms with E-state index in [1.165, 1.54) is 74.6 Å². The summed E-state index contributed by atoms with van der Waals surface area (Å²) < 4.78 is 2.30. The number of pyridine rings is 1. The molecule has 0 bridgehead atoms. The molecule has 0 aliphatic carbocycles. The van der Waals surface area contributed by atoms with Gasteiger partial charge in [-0.2, -0.15) is 0 Å². The van der Waals surface area contributed by atoms with Crippen molar-refractivity contribution in [1.82, 2.24) is 0 Å². The molecule has 164 valence electrons. The van der Waals surface area contributed by atoms with Crippen LogP contribution in [-0.4, -0.2) is 13.1 Å². The molecule has 0 unspecified atom stereocenters. The first-order chi connectivity index (χ1) is 14.8. The standard InChI is InChI=1S/C28H43N2/c1-4-7-10-11-12-21-29-24-19-27(20-25-29)14-13-26-15-17-28(18-16-26)30(22-8-5-2)23-9-6-3/h13-20,24-25H,4-12,21-23H2,1-3H3/q+1. The minimum atomic E-state index is 1.13. The predicted molar refractivity (Wildman–Crippen MR) is 133 cm³/mol. The van der Waals surface area contributed by atoms with Crippen LogP contribution in [0.5, 0.6) is 0 Å². The largest absolute Gasteiger partial charge is 0.372 e. The maximum atomic E-state index is 2.54. The van der Waals surface area contributed by atoms with Gasteiger partial charge in [-0.1, -0.05) is 77.2 Å². The molecule has 0 saturated carbocycles. The Kier molecular flexibility index (Phi) is 11.9. The molecule has 0 radical (unpaired) electrons. The summed E-state index contributed by atoms with van der Waals surface area (Å²) >= 11 is 0. The van der Waals surface area contributed by atoms with Crippen molar-refractivity contribution >= 4 is 17.8 Å². The number of aromatic nitrogens is 1. The van der Waals surface area contributed by atoms with Crippen molar-refractivity contribution in [3.05, 3.63) is 59.9 Å². The summed E-state index contributed by atoms with van der Waals surface area (Å²) in [5.41, 5.74) is 3.87. The van der Waals surface area contributed by atoms with Crippen LogP contribution in [0.25, 0.3) is 12.2 Å². The molecule has 1 aromatic heterocycles. The molecule has 2 rings (SSSR count). The van der Waals surface area contributed by atoms with Gasteiger partial charge in [0.15, 0.2) is 12.4 Å². The second-order valence-corrected chi connectivity index (χ2v) is 8.40. The smallest absolute Gasteiger partial charge is 0.169 e. The van der Waals surface area contributed by atoms with Gasteiger partial charge in [0.25, 0.3) is 0 Å². The van der Waals surface area contributed by atoms with Crippen molar-refractivity contribution in [3.63, 3.8) is 0 Å². The second kappa shape index (κ2) is 14.8. The van der Waals surface area contributed by atoms with Gasteiger partial charge in [-0.15, -0.1) is 0 Å². The molecule has 0 atom stereocenters. The first-order valence-electron chi connectivity index (χ1n) is 12.3. The molecule has 0 N–H and O–H groups in total. The molecule has 0 aliphatic heterocycles. The maximum absolute atomic E-state index is 2.54. The molecule has 2 aromatic rings. The molecule has 0 fully saturated rings. The number of anilines is 1. The van der Waals surface area contributed by atoms with Crippen molar-refractivity contribution in [2.75, 3.05) is 18.0 Å². The van der Waals surface area contributed by atoms with Crippen LogP contribution in [-0.2, 0) is 6.54 Å². The average molecular weight is 408 g/mol. The molecule has 0 saturated heterocycles. The normalized spacial score (nSPS) is 11.3. The summed E-state index contributed by atoms with van der Waals surface area (Å²) in [7, 11) is 0. The molecule has 1 aromatic carbocycles. The van der Waals surface area contributed by atoms with E-state index in [0.29, 0.717) is 0 Å². The van der Waals surface area contributed by atoms with Crippen LogP contribution in [0.4, 0.5) is 5.69 Å². The fourth-order valence-corrected chi connectivity index (χ4v) is 3.68. The third-order valence-electron chi connectivity index (χ3n) is 5.73. The van der Waals surface area contributed by atoms with Gasteiger partial charge in [0.2, 0.25) is 0 Å². The van der Waals surface area contributed by atoms with E-state index >= 15 is 0 Å². The first-order valence-corrected chi connectivity index (χ1v) is 12.3. The van der Waals surface area contributed by atoms with E-state index in [9.17, 15) is 0 Å². The van der Waals surface area contributed by atoms with Crippen molar-refractivity contribution in [2.24, 2.45) is 0 Å². The highest BCUT2D eigenvalue weighted by molar-refractivity contribution is 5.70. The number of nitrogens with zero attached hydrogens (tertiary/aromatic N) is 2. The van der Waals surface area contributed by atoms with E-state index < -0.39 is 0 Å². The van der Waals surface area contributed by atoms with E-state index in [4.69, 9.17) is 0 Å². The van der Waals surface area contributed by atoms with Gasteiger partial charge in [-0.05, 0) is 42.5 Å². The lowest BCUT2D eigenvalue weighted by atomic mass is 10.1. The summed E-state index contributed by atoms with van der Waals surface area (Å²) in [5, 5.41) is 0. The number of hydrogen-bond donors (Lipinski definition) is 0. The third kappa shape index (κ3) is 9.15. The zero-order valence-corrected chi connectivity index (χ0v) is 19.7. The second-order valence-electron chi connectivity index (χ2n) is 8.40. The lowest BCUT2D eigenvalue weighted by Gasteiger charge is -2.24. The van der Waals surface area contributed by atoms with Gasteiger partial charge in [0.1, 0.15) is 6.54 Å². The topological polar surface area (TPSA) is 7.12 Å². The van der Waals surface area contributed by atoms with Crippen LogP contribution < -0.4 is 9.47 Å². The zero-order chi connectivity index (χ0) is 21.4. The lowest BCUT2D eigenvalue weighted by molar-refractivity contribution is -0.697. The maximum Gasteiger partial charge on any atom is 0.169 e. The third-order valence-corrected chi connectivity index (χ3v) is 5.73. The summed E-state index contributed by atoms with van der Waals surface area (Å²) in [5.74, 6) is 0. The zero-order valence-electron chi connectivity index (χ0n) is 19.7. The summed E-state index contributed by atoms with van der Waals surface area (Å²) in [6.45, 7) is 10.3. The fraction of sp³-hybridized carbons (Fsp3) is 0.536. The summed E-state index contributed by atoms with van der Waals surface area (Å²) in [4.78, 5) is 2.54. The lowest BCUT2D eigenvalue weighted by Crippen LogP contribution is -2.32. The van der Waals surface area contributed by atoms with Crippen LogP contribution in [0.2, 0.25) is 0 Å². The highest BCUT2D eigenvalue weighted by Gasteiger charge is 2.05. The minimum absolute atomic E-state index is 1.13. The van der Waals surface area contributed by atoms with Gasteiger partial charge in [0, 0.05) is 37.3 Å². The Hall–Kier alpha value is -2.09. The van der Waals surface area contributed by atoms with Crippen LogP contribution in [0, 0.1) is 0 Å².